The van der Waals surface area contributed by atoms with Gasteiger partial charge in [-0.05, 0) is 49.6 Å². The lowest BCUT2D eigenvalue weighted by atomic mass is 10.1. The molecular formula is C17H18FNO2S. The van der Waals surface area contributed by atoms with Gasteiger partial charge in [0.1, 0.15) is 5.82 Å². The van der Waals surface area contributed by atoms with Gasteiger partial charge in [-0.3, -0.25) is 0 Å². The highest BCUT2D eigenvalue weighted by molar-refractivity contribution is 7.89. The van der Waals surface area contributed by atoms with Crippen molar-refractivity contribution in [3.63, 3.8) is 0 Å². The Morgan fingerprint density at radius 1 is 1.14 bits per heavy atom. The van der Waals surface area contributed by atoms with E-state index in [0.717, 1.165) is 12.0 Å². The first kappa shape index (κ1) is 15.2. The minimum absolute atomic E-state index is 0.290. The van der Waals surface area contributed by atoms with E-state index in [4.69, 9.17) is 0 Å². The minimum Gasteiger partial charge on any atom is -0.207 e. The van der Waals surface area contributed by atoms with Gasteiger partial charge in [0, 0.05) is 6.54 Å². The minimum atomic E-state index is -3.55. The van der Waals surface area contributed by atoms with Gasteiger partial charge in [0.2, 0.25) is 10.0 Å². The molecule has 0 N–H and O–H groups in total. The average molecular weight is 319 g/mol. The Labute approximate surface area is 130 Å². The molecule has 3 rings (SSSR count). The molecule has 2 aromatic carbocycles. The van der Waals surface area contributed by atoms with Crippen molar-refractivity contribution in [2.75, 3.05) is 6.54 Å². The van der Waals surface area contributed by atoms with E-state index in [1.54, 1.807) is 36.4 Å². The van der Waals surface area contributed by atoms with E-state index < -0.39 is 10.0 Å². The second kappa shape index (κ2) is 5.82. The fourth-order valence-corrected chi connectivity index (χ4v) is 4.60. The molecule has 0 aromatic heterocycles. The molecule has 5 heteroatoms. The summed E-state index contributed by atoms with van der Waals surface area (Å²) in [6, 6.07) is 12.8. The summed E-state index contributed by atoms with van der Waals surface area (Å²) in [7, 11) is -3.55. The molecule has 1 saturated heterocycles. The maximum Gasteiger partial charge on any atom is 0.243 e. The van der Waals surface area contributed by atoms with Crippen molar-refractivity contribution in [2.45, 2.75) is 30.7 Å². The average Bonchev–Trinajstić information content (AvgIpc) is 2.98. The highest BCUT2D eigenvalue weighted by Crippen LogP contribution is 2.36. The van der Waals surface area contributed by atoms with Crippen LogP contribution in [-0.4, -0.2) is 19.3 Å². The molecular weight excluding hydrogens is 301 g/mol. The lowest BCUT2D eigenvalue weighted by molar-refractivity contribution is 0.395. The van der Waals surface area contributed by atoms with Gasteiger partial charge in [0.25, 0.3) is 0 Å². The largest absolute Gasteiger partial charge is 0.243 e. The summed E-state index contributed by atoms with van der Waals surface area (Å²) in [6.07, 6.45) is 1.50. The highest BCUT2D eigenvalue weighted by atomic mass is 32.2. The molecule has 0 aliphatic carbocycles. The molecule has 2 aromatic rings. The monoisotopic (exact) mass is 319 g/mol. The first-order valence-electron chi connectivity index (χ1n) is 7.32. The van der Waals surface area contributed by atoms with Crippen molar-refractivity contribution >= 4 is 10.0 Å². The first-order chi connectivity index (χ1) is 10.5. The molecule has 0 radical (unpaired) electrons. The van der Waals surface area contributed by atoms with Crippen LogP contribution in [0.2, 0.25) is 0 Å². The van der Waals surface area contributed by atoms with Crippen LogP contribution < -0.4 is 0 Å². The van der Waals surface area contributed by atoms with E-state index in [1.165, 1.54) is 16.4 Å². The summed E-state index contributed by atoms with van der Waals surface area (Å²) in [5, 5.41) is 0. The van der Waals surface area contributed by atoms with Crippen LogP contribution in [0.5, 0.6) is 0 Å². The van der Waals surface area contributed by atoms with E-state index in [1.807, 2.05) is 6.92 Å². The molecule has 1 aliphatic heterocycles. The SMILES string of the molecule is Cc1ccc(S(=O)(=O)N2CCCC2c2cccc(F)c2)cc1. The molecule has 22 heavy (non-hydrogen) atoms. The maximum atomic E-state index is 13.4. The number of benzene rings is 2. The molecule has 3 nitrogen and oxygen atoms in total. The number of hydrogen-bond acceptors (Lipinski definition) is 2. The highest BCUT2D eigenvalue weighted by Gasteiger charge is 2.36. The normalized spacial score (nSPS) is 19.5. The quantitative estimate of drug-likeness (QED) is 0.866. The van der Waals surface area contributed by atoms with Gasteiger partial charge < -0.3 is 0 Å². The van der Waals surface area contributed by atoms with E-state index >= 15 is 0 Å². The van der Waals surface area contributed by atoms with Crippen molar-refractivity contribution in [2.24, 2.45) is 0 Å². The molecule has 1 atom stereocenters. The predicted molar refractivity (Wildman–Crippen MR) is 83.4 cm³/mol. The maximum absolute atomic E-state index is 13.4. The summed E-state index contributed by atoms with van der Waals surface area (Å²) in [6.45, 7) is 2.39. The van der Waals surface area contributed by atoms with Gasteiger partial charge in [-0.15, -0.1) is 0 Å². The Hall–Kier alpha value is -1.72. The number of sulfonamides is 1. The molecule has 0 amide bonds. The zero-order chi connectivity index (χ0) is 15.7. The molecule has 1 heterocycles. The van der Waals surface area contributed by atoms with Crippen molar-refractivity contribution in [1.29, 1.82) is 0 Å². The van der Waals surface area contributed by atoms with Gasteiger partial charge in [0.15, 0.2) is 0 Å². The molecule has 1 fully saturated rings. The Kier molecular flexibility index (Phi) is 4.02. The Bertz CT molecular complexity index is 772. The van der Waals surface area contributed by atoms with Crippen LogP contribution in [0.15, 0.2) is 53.4 Å². The molecule has 0 saturated carbocycles. The van der Waals surface area contributed by atoms with Crippen LogP contribution in [0.25, 0.3) is 0 Å². The third-order valence-corrected chi connectivity index (χ3v) is 5.99. The predicted octanol–water partition coefficient (Wildman–Crippen LogP) is 3.66. The Balaban J connectivity index is 1.97. The molecule has 1 unspecified atom stereocenters. The Morgan fingerprint density at radius 2 is 1.86 bits per heavy atom. The molecule has 1 aliphatic rings. The zero-order valence-electron chi connectivity index (χ0n) is 12.4. The van der Waals surface area contributed by atoms with E-state index in [0.29, 0.717) is 23.4 Å². The van der Waals surface area contributed by atoms with Crippen LogP contribution in [0.1, 0.15) is 30.0 Å². The third-order valence-electron chi connectivity index (χ3n) is 4.06. The van der Waals surface area contributed by atoms with E-state index in [2.05, 4.69) is 0 Å². The number of aryl methyl sites for hydroxylation is 1. The number of hydrogen-bond donors (Lipinski definition) is 0. The van der Waals surface area contributed by atoms with E-state index in [-0.39, 0.29) is 11.9 Å². The van der Waals surface area contributed by atoms with Gasteiger partial charge >= 0.3 is 0 Å². The summed E-state index contributed by atoms with van der Waals surface area (Å²) < 4.78 is 40.6. The number of halogens is 1. The molecule has 0 spiro atoms. The molecule has 116 valence electrons. The summed E-state index contributed by atoms with van der Waals surface area (Å²) in [4.78, 5) is 0.293. The van der Waals surface area contributed by atoms with Gasteiger partial charge in [0.05, 0.1) is 10.9 Å². The lowest BCUT2D eigenvalue weighted by Crippen LogP contribution is -2.30. The van der Waals surface area contributed by atoms with Crippen LogP contribution in [0.3, 0.4) is 0 Å². The van der Waals surface area contributed by atoms with Crippen molar-refractivity contribution in [3.05, 3.63) is 65.5 Å². The van der Waals surface area contributed by atoms with Crippen LogP contribution in [-0.2, 0) is 10.0 Å². The number of nitrogens with zero attached hydrogens (tertiary/aromatic N) is 1. The van der Waals surface area contributed by atoms with Gasteiger partial charge in [-0.2, -0.15) is 4.31 Å². The van der Waals surface area contributed by atoms with Gasteiger partial charge in [-0.1, -0.05) is 29.8 Å². The van der Waals surface area contributed by atoms with Crippen LogP contribution in [0, 0.1) is 12.7 Å². The smallest absolute Gasteiger partial charge is 0.207 e. The first-order valence-corrected chi connectivity index (χ1v) is 8.76. The fourth-order valence-electron chi connectivity index (χ4n) is 2.92. The van der Waals surface area contributed by atoms with Crippen molar-refractivity contribution in [1.82, 2.24) is 4.31 Å². The van der Waals surface area contributed by atoms with Crippen LogP contribution >= 0.6 is 0 Å². The van der Waals surface area contributed by atoms with Crippen molar-refractivity contribution < 1.29 is 12.8 Å². The zero-order valence-corrected chi connectivity index (χ0v) is 13.2. The van der Waals surface area contributed by atoms with Crippen LogP contribution in [0.4, 0.5) is 4.39 Å². The number of rotatable bonds is 3. The fraction of sp³-hybridized carbons (Fsp3) is 0.294. The topological polar surface area (TPSA) is 37.4 Å². The molecule has 0 bridgehead atoms. The van der Waals surface area contributed by atoms with E-state index in [9.17, 15) is 12.8 Å². The standard InChI is InChI=1S/C17H18FNO2S/c1-13-7-9-16(10-8-13)22(20,21)19-11-3-6-17(19)14-4-2-5-15(18)12-14/h2,4-5,7-10,12,17H,3,6,11H2,1H3. The summed E-state index contributed by atoms with van der Waals surface area (Å²) in [5.41, 5.74) is 1.73. The third kappa shape index (κ3) is 2.78. The summed E-state index contributed by atoms with van der Waals surface area (Å²) in [5.74, 6) is -0.336. The second-order valence-electron chi connectivity index (χ2n) is 5.64. The second-order valence-corrected chi connectivity index (χ2v) is 7.53. The van der Waals surface area contributed by atoms with Gasteiger partial charge in [-0.25, -0.2) is 12.8 Å². The summed E-state index contributed by atoms with van der Waals surface area (Å²) >= 11 is 0. The Morgan fingerprint density at radius 3 is 2.55 bits per heavy atom. The lowest BCUT2D eigenvalue weighted by Gasteiger charge is -2.24. The van der Waals surface area contributed by atoms with Crippen molar-refractivity contribution in [3.8, 4) is 0 Å².